The standard InChI is InChI=1S/C18H12NO.C18H14N.Ir/c1-12-6-9-16(19-11-12)13-7-8-15-14-4-2-3-5-17(14)20-18(15)10-13;1-14-12-18(16-10-6-3-7-11-16)19-13-17(14)15-8-4-2-5-9-15;/h2-6,8-11H,1H3;2-10,12-13H,1H3;/q2*-1;. The van der Waals surface area contributed by atoms with Crippen LogP contribution in [-0.2, 0) is 20.1 Å². The normalized spacial score (nSPS) is 10.6. The summed E-state index contributed by atoms with van der Waals surface area (Å²) in [7, 11) is 0. The van der Waals surface area contributed by atoms with E-state index in [0.717, 1.165) is 50.0 Å². The monoisotopic (exact) mass is 695 g/mol. The number of aryl methyl sites for hydroxylation is 2. The number of para-hydroxylation sites is 1. The van der Waals surface area contributed by atoms with Gasteiger partial charge in [-0.3, -0.25) is 0 Å². The van der Waals surface area contributed by atoms with Crippen molar-refractivity contribution >= 4 is 21.9 Å². The van der Waals surface area contributed by atoms with Crippen LogP contribution in [0.15, 0.2) is 126 Å². The molecule has 0 atom stereocenters. The van der Waals surface area contributed by atoms with Crippen molar-refractivity contribution in [2.75, 3.05) is 0 Å². The van der Waals surface area contributed by atoms with Gasteiger partial charge in [-0.2, -0.15) is 0 Å². The Labute approximate surface area is 247 Å². The molecule has 0 fully saturated rings. The molecule has 4 heteroatoms. The molecule has 7 rings (SSSR count). The van der Waals surface area contributed by atoms with E-state index in [1.54, 1.807) is 0 Å². The van der Waals surface area contributed by atoms with Crippen molar-refractivity contribution in [3.05, 3.63) is 145 Å². The van der Waals surface area contributed by atoms with Gasteiger partial charge in [0.05, 0.1) is 5.58 Å². The summed E-state index contributed by atoms with van der Waals surface area (Å²) in [6.07, 6.45) is 3.81. The predicted octanol–water partition coefficient (Wildman–Crippen LogP) is 9.28. The summed E-state index contributed by atoms with van der Waals surface area (Å²) in [5.74, 6) is 0. The Kier molecular flexibility index (Phi) is 8.31. The third kappa shape index (κ3) is 5.79. The van der Waals surface area contributed by atoms with E-state index in [4.69, 9.17) is 4.42 Å². The summed E-state index contributed by atoms with van der Waals surface area (Å²) >= 11 is 0. The first-order valence-electron chi connectivity index (χ1n) is 12.9. The molecule has 0 aliphatic rings. The Morgan fingerprint density at radius 1 is 0.625 bits per heavy atom. The topological polar surface area (TPSA) is 38.9 Å². The quantitative estimate of drug-likeness (QED) is 0.173. The summed E-state index contributed by atoms with van der Waals surface area (Å²) in [6.45, 7) is 4.15. The molecular formula is C36H26IrN2O-2. The zero-order valence-electron chi connectivity index (χ0n) is 22.2. The van der Waals surface area contributed by atoms with Crippen molar-refractivity contribution in [3.63, 3.8) is 0 Å². The van der Waals surface area contributed by atoms with E-state index in [-0.39, 0.29) is 20.1 Å². The fraction of sp³-hybridized carbons (Fsp3) is 0.0556. The molecule has 1 radical (unpaired) electrons. The number of furan rings is 1. The molecule has 0 amide bonds. The van der Waals surface area contributed by atoms with Gasteiger partial charge in [-0.25, -0.2) is 0 Å². The minimum atomic E-state index is 0. The second kappa shape index (κ2) is 12.2. The number of hydrogen-bond acceptors (Lipinski definition) is 3. The first-order chi connectivity index (χ1) is 19.2. The van der Waals surface area contributed by atoms with Crippen molar-refractivity contribution in [1.29, 1.82) is 0 Å². The Morgan fingerprint density at radius 3 is 2.15 bits per heavy atom. The summed E-state index contributed by atoms with van der Waals surface area (Å²) in [6, 6.07) is 43.0. The molecule has 4 aromatic carbocycles. The van der Waals surface area contributed by atoms with Crippen LogP contribution in [0.4, 0.5) is 0 Å². The molecule has 3 heterocycles. The van der Waals surface area contributed by atoms with Gasteiger partial charge in [0.25, 0.3) is 0 Å². The number of nitrogens with zero attached hydrogens (tertiary/aromatic N) is 2. The molecule has 0 unspecified atom stereocenters. The summed E-state index contributed by atoms with van der Waals surface area (Å²) in [4.78, 5) is 8.99. The number of fused-ring (bicyclic) bond motifs is 3. The number of benzene rings is 4. The summed E-state index contributed by atoms with van der Waals surface area (Å²) in [5, 5.41) is 2.22. The van der Waals surface area contributed by atoms with E-state index in [1.165, 1.54) is 16.7 Å². The van der Waals surface area contributed by atoms with Crippen molar-refractivity contribution in [3.8, 4) is 33.6 Å². The minimum absolute atomic E-state index is 0. The fourth-order valence-electron chi connectivity index (χ4n) is 4.61. The number of aromatic nitrogens is 2. The molecule has 0 aliphatic heterocycles. The molecule has 7 aromatic rings. The smallest absolute Gasteiger partial charge is 0.123 e. The molecule has 0 spiro atoms. The zero-order chi connectivity index (χ0) is 26.6. The molecule has 0 aliphatic carbocycles. The van der Waals surface area contributed by atoms with Gasteiger partial charge in [-0.1, -0.05) is 78.2 Å². The van der Waals surface area contributed by atoms with Crippen LogP contribution in [0.3, 0.4) is 0 Å². The van der Waals surface area contributed by atoms with Crippen LogP contribution in [0.2, 0.25) is 0 Å². The van der Waals surface area contributed by atoms with Gasteiger partial charge in [0.15, 0.2) is 0 Å². The van der Waals surface area contributed by atoms with Gasteiger partial charge in [0.2, 0.25) is 0 Å². The second-order valence-corrected chi connectivity index (χ2v) is 9.47. The first kappa shape index (κ1) is 27.2. The third-order valence-corrected chi connectivity index (χ3v) is 6.68. The molecule has 0 saturated carbocycles. The van der Waals surface area contributed by atoms with Crippen LogP contribution in [0, 0.1) is 26.0 Å². The van der Waals surface area contributed by atoms with Crippen LogP contribution in [0.5, 0.6) is 0 Å². The maximum atomic E-state index is 5.89. The number of pyridine rings is 2. The zero-order valence-corrected chi connectivity index (χ0v) is 24.6. The third-order valence-electron chi connectivity index (χ3n) is 6.68. The van der Waals surface area contributed by atoms with Crippen LogP contribution < -0.4 is 0 Å². The molecular weight excluding hydrogens is 669 g/mol. The van der Waals surface area contributed by atoms with E-state index >= 15 is 0 Å². The van der Waals surface area contributed by atoms with Crippen LogP contribution in [-0.4, -0.2) is 9.97 Å². The summed E-state index contributed by atoms with van der Waals surface area (Å²) in [5.41, 5.74) is 10.4. The number of rotatable bonds is 3. The Morgan fingerprint density at radius 2 is 1.40 bits per heavy atom. The Hall–Kier alpha value is -4.37. The van der Waals surface area contributed by atoms with E-state index in [0.29, 0.717) is 0 Å². The van der Waals surface area contributed by atoms with E-state index in [1.807, 2.05) is 98.2 Å². The van der Waals surface area contributed by atoms with Gasteiger partial charge in [0, 0.05) is 38.1 Å². The van der Waals surface area contributed by atoms with Gasteiger partial charge in [0.1, 0.15) is 5.58 Å². The predicted molar refractivity (Wildman–Crippen MR) is 159 cm³/mol. The molecule has 40 heavy (non-hydrogen) atoms. The van der Waals surface area contributed by atoms with Crippen molar-refractivity contribution in [2.45, 2.75) is 13.8 Å². The van der Waals surface area contributed by atoms with Crippen LogP contribution >= 0.6 is 0 Å². The van der Waals surface area contributed by atoms with Crippen LogP contribution in [0.25, 0.3) is 55.6 Å². The largest absolute Gasteiger partial charge is 0.476 e. The number of hydrogen-bond donors (Lipinski definition) is 0. The molecule has 3 nitrogen and oxygen atoms in total. The Balaban J connectivity index is 0.000000158. The van der Waals surface area contributed by atoms with E-state index in [9.17, 15) is 0 Å². The molecule has 0 saturated heterocycles. The Bertz CT molecular complexity index is 1860. The van der Waals surface area contributed by atoms with E-state index in [2.05, 4.69) is 59.4 Å². The average Bonchev–Trinajstić information content (AvgIpc) is 3.37. The van der Waals surface area contributed by atoms with Gasteiger partial charge < -0.3 is 14.4 Å². The maximum Gasteiger partial charge on any atom is 0.123 e. The van der Waals surface area contributed by atoms with Gasteiger partial charge in [-0.05, 0) is 53.4 Å². The SMILES string of the molecule is Cc1cc(-c2[c-]cccc2)ncc1-c1ccccc1.Cc1ccc(-c2[c-]cc3c(c2)oc2ccccc23)nc1.[Ir]. The molecule has 0 bridgehead atoms. The second-order valence-electron chi connectivity index (χ2n) is 9.47. The fourth-order valence-corrected chi connectivity index (χ4v) is 4.61. The first-order valence-corrected chi connectivity index (χ1v) is 12.9. The van der Waals surface area contributed by atoms with Crippen molar-refractivity contribution in [1.82, 2.24) is 9.97 Å². The minimum Gasteiger partial charge on any atom is -0.476 e. The van der Waals surface area contributed by atoms with Gasteiger partial charge in [-0.15, -0.1) is 53.6 Å². The maximum absolute atomic E-state index is 5.89. The van der Waals surface area contributed by atoms with Crippen LogP contribution in [0.1, 0.15) is 11.1 Å². The molecule has 197 valence electrons. The molecule has 0 N–H and O–H groups in total. The van der Waals surface area contributed by atoms with Crippen molar-refractivity contribution in [2.24, 2.45) is 0 Å². The molecule has 3 aromatic heterocycles. The van der Waals surface area contributed by atoms with E-state index < -0.39 is 0 Å². The summed E-state index contributed by atoms with van der Waals surface area (Å²) < 4.78 is 5.89. The average molecular weight is 695 g/mol. The van der Waals surface area contributed by atoms with Crippen molar-refractivity contribution < 1.29 is 24.5 Å². The van der Waals surface area contributed by atoms with Gasteiger partial charge >= 0.3 is 0 Å².